The normalized spacial score (nSPS) is 49.3. The van der Waals surface area contributed by atoms with Crippen molar-refractivity contribution in [3.63, 3.8) is 0 Å². The first-order chi connectivity index (χ1) is 3.96. The van der Waals surface area contributed by atoms with Gasteiger partial charge in [0.15, 0.2) is 5.72 Å². The first kappa shape index (κ1) is 6.51. The minimum absolute atomic E-state index is 1.29. The highest BCUT2D eigenvalue weighted by Gasteiger charge is 2.44. The zero-order valence-corrected chi connectivity index (χ0v) is 5.42. The molecule has 0 saturated carbocycles. The molecule has 1 aliphatic rings. The van der Waals surface area contributed by atoms with E-state index in [4.69, 9.17) is 0 Å². The Morgan fingerprint density at radius 1 is 1.44 bits per heavy atom. The fraction of sp³-hybridized carbons (Fsp3) is 0.800. The van der Waals surface area contributed by atoms with Crippen molar-refractivity contribution in [3.05, 3.63) is 0 Å². The predicted molar refractivity (Wildman–Crippen MR) is 32.9 cm³/mol. The van der Waals surface area contributed by atoms with Crippen molar-refractivity contribution in [1.29, 1.82) is 0 Å². The molecule has 2 unspecified atom stereocenters. The van der Waals surface area contributed by atoms with Crippen molar-refractivity contribution in [3.8, 4) is 0 Å². The lowest BCUT2D eigenvalue weighted by atomic mass is 10.1. The molecule has 52 valence electrons. The van der Waals surface area contributed by atoms with Crippen molar-refractivity contribution in [2.45, 2.75) is 25.3 Å². The van der Waals surface area contributed by atoms with E-state index in [1.807, 2.05) is 0 Å². The van der Waals surface area contributed by atoms with Crippen molar-refractivity contribution < 1.29 is 10.2 Å². The lowest BCUT2D eigenvalue weighted by molar-refractivity contribution is -0.122. The fourth-order valence-electron chi connectivity index (χ4n) is 0.546. The molecule has 0 aliphatic carbocycles. The van der Waals surface area contributed by atoms with Gasteiger partial charge in [0, 0.05) is 0 Å². The predicted octanol–water partition coefficient (Wildman–Crippen LogP) is -0.965. The van der Waals surface area contributed by atoms with Gasteiger partial charge in [0.05, 0.1) is 6.34 Å². The molecule has 0 amide bonds. The van der Waals surface area contributed by atoms with Gasteiger partial charge in [-0.2, -0.15) is 0 Å². The summed E-state index contributed by atoms with van der Waals surface area (Å²) in [5.41, 5.74) is -2.72. The van der Waals surface area contributed by atoms with E-state index in [1.54, 1.807) is 0 Å². The van der Waals surface area contributed by atoms with Crippen LogP contribution < -0.4 is 5.32 Å². The minimum atomic E-state index is -1.40. The van der Waals surface area contributed by atoms with Crippen LogP contribution in [0.1, 0.15) is 13.8 Å². The average molecular weight is 130 g/mol. The molecule has 0 bridgehead atoms. The molecule has 0 spiro atoms. The number of hydrogen-bond acceptors (Lipinski definition) is 4. The first-order valence-electron chi connectivity index (χ1n) is 2.72. The molecule has 0 aromatic heterocycles. The minimum Gasteiger partial charge on any atom is -0.367 e. The average Bonchev–Trinajstić information content (AvgIpc) is 1.81. The number of nitrogens with one attached hydrogen (secondary N) is 1. The van der Waals surface area contributed by atoms with Crippen molar-refractivity contribution in [2.75, 3.05) is 0 Å². The van der Waals surface area contributed by atoms with E-state index in [-0.39, 0.29) is 0 Å². The number of nitrogens with zero attached hydrogens (tertiary/aromatic N) is 1. The van der Waals surface area contributed by atoms with Gasteiger partial charge in [-0.3, -0.25) is 0 Å². The summed E-state index contributed by atoms with van der Waals surface area (Å²) >= 11 is 0. The van der Waals surface area contributed by atoms with Crippen LogP contribution in [-0.2, 0) is 0 Å². The van der Waals surface area contributed by atoms with Crippen LogP contribution in [-0.4, -0.2) is 28.0 Å². The van der Waals surface area contributed by atoms with Crippen LogP contribution in [0.2, 0.25) is 0 Å². The van der Waals surface area contributed by atoms with E-state index in [2.05, 4.69) is 10.3 Å². The second-order valence-electron chi connectivity index (χ2n) is 2.50. The van der Waals surface area contributed by atoms with Crippen LogP contribution in [0.25, 0.3) is 0 Å². The van der Waals surface area contributed by atoms with Crippen LogP contribution >= 0.6 is 0 Å². The molecule has 3 N–H and O–H groups in total. The molecule has 0 aromatic rings. The van der Waals surface area contributed by atoms with Crippen molar-refractivity contribution in [1.82, 2.24) is 5.32 Å². The topological polar surface area (TPSA) is 64.9 Å². The SMILES string of the molecule is CC1(O)N=CNC1(C)O. The lowest BCUT2D eigenvalue weighted by Gasteiger charge is -2.28. The third kappa shape index (κ3) is 0.799. The lowest BCUT2D eigenvalue weighted by Crippen LogP contribution is -2.53. The van der Waals surface area contributed by atoms with Gasteiger partial charge in [0.1, 0.15) is 0 Å². The molecule has 1 aliphatic heterocycles. The molecule has 0 aromatic carbocycles. The standard InChI is InChI=1S/C5H10N2O2/c1-4(8)5(2,9)7-3-6-4/h3,8-9H,1-2H3,(H,6,7). The molecular formula is C5H10N2O2. The summed E-state index contributed by atoms with van der Waals surface area (Å²) < 4.78 is 0. The molecule has 1 heterocycles. The molecule has 0 fully saturated rings. The Kier molecular flexibility index (Phi) is 1.05. The van der Waals surface area contributed by atoms with Crippen LogP contribution in [0.4, 0.5) is 0 Å². The Balaban J connectivity index is 2.84. The van der Waals surface area contributed by atoms with E-state index in [0.29, 0.717) is 0 Å². The highest BCUT2D eigenvalue weighted by molar-refractivity contribution is 5.59. The number of aliphatic imine (C=N–C) groups is 1. The zero-order valence-electron chi connectivity index (χ0n) is 5.42. The second-order valence-corrected chi connectivity index (χ2v) is 2.50. The molecule has 4 heteroatoms. The first-order valence-corrected chi connectivity index (χ1v) is 2.72. The highest BCUT2D eigenvalue weighted by Crippen LogP contribution is 2.22. The number of rotatable bonds is 0. The smallest absolute Gasteiger partial charge is 0.202 e. The van der Waals surface area contributed by atoms with Gasteiger partial charge in [0.2, 0.25) is 5.72 Å². The van der Waals surface area contributed by atoms with Crippen LogP contribution in [0.3, 0.4) is 0 Å². The summed E-state index contributed by atoms with van der Waals surface area (Å²) in [6.07, 6.45) is 1.29. The van der Waals surface area contributed by atoms with Crippen molar-refractivity contribution in [2.24, 2.45) is 4.99 Å². The largest absolute Gasteiger partial charge is 0.367 e. The van der Waals surface area contributed by atoms with E-state index in [0.717, 1.165) is 0 Å². The van der Waals surface area contributed by atoms with E-state index in [1.165, 1.54) is 20.2 Å². The van der Waals surface area contributed by atoms with Gasteiger partial charge >= 0.3 is 0 Å². The molecular weight excluding hydrogens is 120 g/mol. The molecule has 0 radical (unpaired) electrons. The quantitative estimate of drug-likeness (QED) is 0.395. The number of aliphatic hydroxyl groups is 2. The Morgan fingerprint density at radius 2 is 2.00 bits per heavy atom. The fourth-order valence-corrected chi connectivity index (χ4v) is 0.546. The van der Waals surface area contributed by atoms with Crippen LogP contribution in [0, 0.1) is 0 Å². The third-order valence-electron chi connectivity index (χ3n) is 1.58. The maximum Gasteiger partial charge on any atom is 0.202 e. The molecule has 1 rings (SSSR count). The Labute approximate surface area is 53.2 Å². The maximum absolute atomic E-state index is 9.24. The van der Waals surface area contributed by atoms with Gasteiger partial charge in [-0.1, -0.05) is 0 Å². The monoisotopic (exact) mass is 130 g/mol. The molecule has 4 nitrogen and oxygen atoms in total. The third-order valence-corrected chi connectivity index (χ3v) is 1.58. The van der Waals surface area contributed by atoms with Gasteiger partial charge < -0.3 is 15.5 Å². The van der Waals surface area contributed by atoms with E-state index in [9.17, 15) is 10.2 Å². The number of hydrogen-bond donors (Lipinski definition) is 3. The molecule has 0 saturated heterocycles. The summed E-state index contributed by atoms with van der Waals surface area (Å²) in [4.78, 5) is 3.59. The Hall–Kier alpha value is -0.610. The maximum atomic E-state index is 9.24. The van der Waals surface area contributed by atoms with Gasteiger partial charge in [-0.25, -0.2) is 4.99 Å². The summed E-state index contributed by atoms with van der Waals surface area (Å²) in [6, 6.07) is 0. The van der Waals surface area contributed by atoms with Gasteiger partial charge in [-0.15, -0.1) is 0 Å². The summed E-state index contributed by atoms with van der Waals surface area (Å²) in [5.74, 6) is 0. The molecule has 2 atom stereocenters. The second kappa shape index (κ2) is 1.46. The Bertz CT molecular complexity index is 151. The van der Waals surface area contributed by atoms with Gasteiger partial charge in [0.25, 0.3) is 0 Å². The Morgan fingerprint density at radius 3 is 2.11 bits per heavy atom. The summed E-state index contributed by atoms with van der Waals surface area (Å²) in [5, 5.41) is 20.9. The van der Waals surface area contributed by atoms with Crippen LogP contribution in [0.5, 0.6) is 0 Å². The zero-order chi connectivity index (χ0) is 7.12. The molecule has 9 heavy (non-hydrogen) atoms. The highest BCUT2D eigenvalue weighted by atomic mass is 16.4. The van der Waals surface area contributed by atoms with Crippen LogP contribution in [0.15, 0.2) is 4.99 Å². The summed E-state index contributed by atoms with van der Waals surface area (Å²) in [7, 11) is 0. The van der Waals surface area contributed by atoms with Crippen molar-refractivity contribution >= 4 is 6.34 Å². The van der Waals surface area contributed by atoms with E-state index >= 15 is 0 Å². The van der Waals surface area contributed by atoms with Gasteiger partial charge in [-0.05, 0) is 13.8 Å². The summed E-state index contributed by atoms with van der Waals surface area (Å²) in [6.45, 7) is 2.89. The van der Waals surface area contributed by atoms with E-state index < -0.39 is 11.4 Å².